The molecule has 2 aliphatic rings. The molecule has 0 saturated heterocycles. The molecule has 0 heterocycles. The zero-order valence-electron chi connectivity index (χ0n) is 23.0. The van der Waals surface area contributed by atoms with E-state index < -0.39 is 0 Å². The van der Waals surface area contributed by atoms with Gasteiger partial charge in [0, 0.05) is 5.41 Å². The highest BCUT2D eigenvalue weighted by Crippen LogP contribution is 2.57. The van der Waals surface area contributed by atoms with E-state index in [1.165, 1.54) is 82.4 Å². The first-order valence-corrected chi connectivity index (χ1v) is 13.8. The minimum Gasteiger partial charge on any atom is -0.0683 e. The first-order valence-electron chi connectivity index (χ1n) is 13.8. The van der Waals surface area contributed by atoms with Gasteiger partial charge < -0.3 is 0 Å². The van der Waals surface area contributed by atoms with E-state index in [0.717, 1.165) is 0 Å². The SMILES string of the molecule is CC.CC(C)(C)c1ccc2c(c1)C(C)(C)c1cc3c(cc1-2)-c1cc2cccc4ccc5ccc-3c1c5c42. The standard InChI is InChI=1S/C35H28.C2H6/c1-34(2,3)22-12-14-23-27-17-25-26(18-30(27)35(4,5)29(23)16-22)24-13-11-20-10-9-19-7-6-8-21-15-28(25)33(24)32(20)31(19)21;1-2/h6-18H,1-5H3;1-2H3. The largest absolute Gasteiger partial charge is 0.0683 e. The predicted molar refractivity (Wildman–Crippen MR) is 162 cm³/mol. The van der Waals surface area contributed by atoms with Crippen LogP contribution in [0.3, 0.4) is 0 Å². The molecule has 0 radical (unpaired) electrons. The quantitative estimate of drug-likeness (QED) is 0.190. The Morgan fingerprint density at radius 3 is 1.86 bits per heavy atom. The Bertz CT molecular complexity index is 1890. The second-order valence-corrected chi connectivity index (χ2v) is 12.2. The molecule has 0 heteroatoms. The molecule has 0 N–H and O–H groups in total. The summed E-state index contributed by atoms with van der Waals surface area (Å²) in [5.41, 5.74) is 12.9. The van der Waals surface area contributed by atoms with Crippen molar-refractivity contribution >= 4 is 32.3 Å². The molecule has 8 rings (SSSR count). The third-order valence-corrected chi connectivity index (χ3v) is 8.89. The van der Waals surface area contributed by atoms with E-state index in [9.17, 15) is 0 Å². The van der Waals surface area contributed by atoms with Gasteiger partial charge in [-0.15, -0.1) is 0 Å². The fourth-order valence-electron chi connectivity index (χ4n) is 6.98. The second kappa shape index (κ2) is 7.23. The first-order chi connectivity index (χ1) is 17.7. The Morgan fingerprint density at radius 2 is 1.11 bits per heavy atom. The maximum absolute atomic E-state index is 2.52. The van der Waals surface area contributed by atoms with Crippen molar-refractivity contribution in [1.82, 2.24) is 0 Å². The van der Waals surface area contributed by atoms with Crippen LogP contribution in [0.15, 0.2) is 78.9 Å². The molecule has 0 saturated carbocycles. The Morgan fingerprint density at radius 1 is 0.486 bits per heavy atom. The molecule has 2 aliphatic carbocycles. The van der Waals surface area contributed by atoms with Gasteiger partial charge in [0.2, 0.25) is 0 Å². The van der Waals surface area contributed by atoms with Crippen LogP contribution >= 0.6 is 0 Å². The Labute approximate surface area is 220 Å². The zero-order valence-corrected chi connectivity index (χ0v) is 23.0. The van der Waals surface area contributed by atoms with E-state index in [2.05, 4.69) is 113 Å². The van der Waals surface area contributed by atoms with Crippen LogP contribution in [-0.4, -0.2) is 0 Å². The van der Waals surface area contributed by atoms with Gasteiger partial charge in [0.05, 0.1) is 0 Å². The van der Waals surface area contributed by atoms with Crippen LogP contribution in [0, 0.1) is 0 Å². The van der Waals surface area contributed by atoms with E-state index in [1.54, 1.807) is 0 Å². The Hall–Kier alpha value is -3.64. The molecule has 0 spiro atoms. The summed E-state index contributed by atoms with van der Waals surface area (Å²) in [6.07, 6.45) is 0. The highest BCUT2D eigenvalue weighted by atomic mass is 14.4. The maximum Gasteiger partial charge on any atom is 0.0159 e. The summed E-state index contributed by atoms with van der Waals surface area (Å²) >= 11 is 0. The minimum atomic E-state index is -0.0131. The van der Waals surface area contributed by atoms with Gasteiger partial charge in [0.25, 0.3) is 0 Å². The van der Waals surface area contributed by atoms with Crippen molar-refractivity contribution in [3.8, 4) is 33.4 Å². The van der Waals surface area contributed by atoms with E-state index in [0.29, 0.717) is 0 Å². The lowest BCUT2D eigenvalue weighted by Gasteiger charge is -2.25. The topological polar surface area (TPSA) is 0 Å². The van der Waals surface area contributed by atoms with Gasteiger partial charge in [-0.2, -0.15) is 0 Å². The Kier molecular flexibility index (Phi) is 4.40. The molecule has 0 fully saturated rings. The highest BCUT2D eigenvalue weighted by Gasteiger charge is 2.38. The van der Waals surface area contributed by atoms with Gasteiger partial charge in [-0.3, -0.25) is 0 Å². The monoisotopic (exact) mass is 478 g/mol. The third-order valence-electron chi connectivity index (χ3n) is 8.89. The number of hydrogen-bond acceptors (Lipinski definition) is 0. The number of hydrogen-bond donors (Lipinski definition) is 0. The molecular formula is C37H34. The number of benzene rings is 6. The third kappa shape index (κ3) is 2.79. The summed E-state index contributed by atoms with van der Waals surface area (Å²) in [7, 11) is 0. The second-order valence-electron chi connectivity index (χ2n) is 12.2. The predicted octanol–water partition coefficient (Wildman–Crippen LogP) is 10.9. The van der Waals surface area contributed by atoms with Crippen molar-refractivity contribution in [3.63, 3.8) is 0 Å². The summed E-state index contributed by atoms with van der Waals surface area (Å²) in [5, 5.41) is 8.30. The average molecular weight is 479 g/mol. The molecule has 37 heavy (non-hydrogen) atoms. The van der Waals surface area contributed by atoms with Gasteiger partial charge in [0.1, 0.15) is 0 Å². The van der Waals surface area contributed by atoms with Crippen molar-refractivity contribution in [2.24, 2.45) is 0 Å². The highest BCUT2D eigenvalue weighted by molar-refractivity contribution is 6.32. The molecule has 0 amide bonds. The van der Waals surface area contributed by atoms with Crippen LogP contribution < -0.4 is 0 Å². The van der Waals surface area contributed by atoms with Crippen molar-refractivity contribution in [3.05, 3.63) is 95.6 Å². The minimum absolute atomic E-state index is 0.0131. The van der Waals surface area contributed by atoms with Crippen molar-refractivity contribution in [2.75, 3.05) is 0 Å². The molecule has 6 aromatic rings. The summed E-state index contributed by atoms with van der Waals surface area (Å²) in [5.74, 6) is 0. The van der Waals surface area contributed by atoms with E-state index in [1.807, 2.05) is 13.8 Å². The lowest BCUT2D eigenvalue weighted by Crippen LogP contribution is -2.17. The van der Waals surface area contributed by atoms with Crippen molar-refractivity contribution in [2.45, 2.75) is 59.3 Å². The van der Waals surface area contributed by atoms with Crippen molar-refractivity contribution < 1.29 is 0 Å². The lowest BCUT2D eigenvalue weighted by atomic mass is 9.78. The van der Waals surface area contributed by atoms with Gasteiger partial charge in [-0.05, 0) is 106 Å². The fraction of sp³-hybridized carbons (Fsp3) is 0.243. The molecule has 182 valence electrons. The van der Waals surface area contributed by atoms with Gasteiger partial charge >= 0.3 is 0 Å². The van der Waals surface area contributed by atoms with Crippen LogP contribution in [0.25, 0.3) is 65.7 Å². The first kappa shape index (κ1) is 22.5. The van der Waals surface area contributed by atoms with Crippen molar-refractivity contribution in [1.29, 1.82) is 0 Å². The summed E-state index contributed by atoms with van der Waals surface area (Å²) in [6, 6.07) is 30.6. The molecule has 0 atom stereocenters. The molecule has 0 aliphatic heterocycles. The number of rotatable bonds is 0. The summed E-state index contributed by atoms with van der Waals surface area (Å²) < 4.78 is 0. The van der Waals surface area contributed by atoms with Gasteiger partial charge in [-0.1, -0.05) is 109 Å². The average Bonchev–Trinajstić information content (AvgIpc) is 3.33. The van der Waals surface area contributed by atoms with Crippen LogP contribution in [0.2, 0.25) is 0 Å². The molecular weight excluding hydrogens is 444 g/mol. The molecule has 0 nitrogen and oxygen atoms in total. The molecule has 0 bridgehead atoms. The van der Waals surface area contributed by atoms with E-state index in [4.69, 9.17) is 0 Å². The van der Waals surface area contributed by atoms with Crippen LogP contribution in [0.5, 0.6) is 0 Å². The maximum atomic E-state index is 2.52. The molecule has 0 unspecified atom stereocenters. The zero-order chi connectivity index (χ0) is 25.9. The smallest absolute Gasteiger partial charge is 0.0159 e. The summed E-state index contributed by atoms with van der Waals surface area (Å²) in [6.45, 7) is 15.7. The summed E-state index contributed by atoms with van der Waals surface area (Å²) in [4.78, 5) is 0. The van der Waals surface area contributed by atoms with E-state index in [-0.39, 0.29) is 10.8 Å². The van der Waals surface area contributed by atoms with Crippen LogP contribution in [-0.2, 0) is 10.8 Å². The van der Waals surface area contributed by atoms with Gasteiger partial charge in [0.15, 0.2) is 0 Å². The lowest BCUT2D eigenvalue weighted by molar-refractivity contribution is 0.585. The number of fused-ring (bicyclic) bond motifs is 6. The molecule has 6 aromatic carbocycles. The van der Waals surface area contributed by atoms with Crippen LogP contribution in [0.4, 0.5) is 0 Å². The Balaban J connectivity index is 0.00000113. The fourth-order valence-corrected chi connectivity index (χ4v) is 6.98. The van der Waals surface area contributed by atoms with Crippen LogP contribution in [0.1, 0.15) is 65.2 Å². The molecule has 0 aromatic heterocycles. The van der Waals surface area contributed by atoms with E-state index >= 15 is 0 Å². The van der Waals surface area contributed by atoms with Gasteiger partial charge in [-0.25, -0.2) is 0 Å². The normalized spacial score (nSPS) is 14.6.